The molecule has 0 aromatic heterocycles. The molecule has 0 aliphatic carbocycles. The van der Waals surface area contributed by atoms with Crippen molar-refractivity contribution in [2.24, 2.45) is 0 Å². The molecule has 6 nitrogen and oxygen atoms in total. The van der Waals surface area contributed by atoms with Gasteiger partial charge in [-0.3, -0.25) is 0 Å². The number of carbonyl (C=O) groups excluding carboxylic acids is 1. The Balaban J connectivity index is 1.73. The van der Waals surface area contributed by atoms with E-state index in [-0.39, 0.29) is 28.9 Å². The van der Waals surface area contributed by atoms with Gasteiger partial charge in [-0.2, -0.15) is 8.42 Å². The third kappa shape index (κ3) is 5.64. The van der Waals surface area contributed by atoms with Crippen LogP contribution in [0.2, 0.25) is 0 Å². The number of methoxy groups -OCH3 is 1. The summed E-state index contributed by atoms with van der Waals surface area (Å²) in [6.07, 6.45) is 0. The lowest BCUT2D eigenvalue weighted by molar-refractivity contribution is 0.0472. The molecule has 7 heteroatoms. The highest BCUT2D eigenvalue weighted by Gasteiger charge is 2.23. The predicted octanol–water partition coefficient (Wildman–Crippen LogP) is 4.94. The molecule has 162 valence electrons. The molecule has 0 aliphatic rings. The minimum absolute atomic E-state index is 0.0486. The van der Waals surface area contributed by atoms with E-state index in [4.69, 9.17) is 13.7 Å². The van der Waals surface area contributed by atoms with Gasteiger partial charge in [0.05, 0.1) is 12.7 Å². The van der Waals surface area contributed by atoms with Gasteiger partial charge in [-0.05, 0) is 53.4 Å². The van der Waals surface area contributed by atoms with Crippen LogP contribution in [0.1, 0.15) is 41.3 Å². The first-order valence-electron chi connectivity index (χ1n) is 9.73. The van der Waals surface area contributed by atoms with Gasteiger partial charge in [0, 0.05) is 0 Å². The lowest BCUT2D eigenvalue weighted by Crippen LogP contribution is -2.12. The number of carbonyl (C=O) groups is 1. The first-order chi connectivity index (χ1) is 14.8. The number of hydrogen-bond acceptors (Lipinski definition) is 6. The Kier molecular flexibility index (Phi) is 6.97. The zero-order chi connectivity index (χ0) is 22.4. The van der Waals surface area contributed by atoms with E-state index in [2.05, 4.69) is 0 Å². The Morgan fingerprint density at radius 3 is 2.23 bits per heavy atom. The van der Waals surface area contributed by atoms with Crippen LogP contribution in [0.15, 0.2) is 77.7 Å². The van der Waals surface area contributed by atoms with Gasteiger partial charge in [-0.1, -0.05) is 50.2 Å². The van der Waals surface area contributed by atoms with Crippen molar-refractivity contribution in [1.82, 2.24) is 0 Å². The summed E-state index contributed by atoms with van der Waals surface area (Å²) in [6, 6.07) is 20.0. The molecule has 31 heavy (non-hydrogen) atoms. The minimum Gasteiger partial charge on any atom is -0.495 e. The maximum atomic E-state index is 12.8. The summed E-state index contributed by atoms with van der Waals surface area (Å²) in [7, 11) is -2.73. The number of benzene rings is 3. The number of rotatable bonds is 8. The fourth-order valence-corrected chi connectivity index (χ4v) is 4.00. The summed E-state index contributed by atoms with van der Waals surface area (Å²) < 4.78 is 41.4. The molecule has 3 rings (SSSR count). The molecule has 3 aromatic rings. The largest absolute Gasteiger partial charge is 0.495 e. The summed E-state index contributed by atoms with van der Waals surface area (Å²) in [6.45, 7) is 4.08. The Labute approximate surface area is 182 Å². The van der Waals surface area contributed by atoms with Crippen molar-refractivity contribution in [1.29, 1.82) is 0 Å². The first-order valence-corrected chi connectivity index (χ1v) is 11.1. The van der Waals surface area contributed by atoms with Crippen molar-refractivity contribution in [3.05, 3.63) is 89.5 Å². The van der Waals surface area contributed by atoms with Gasteiger partial charge in [0.15, 0.2) is 0 Å². The summed E-state index contributed by atoms with van der Waals surface area (Å²) in [5.74, 6) is -0.0901. The van der Waals surface area contributed by atoms with Gasteiger partial charge in [0.25, 0.3) is 0 Å². The van der Waals surface area contributed by atoms with Gasteiger partial charge >= 0.3 is 16.1 Å². The molecule has 3 aromatic carbocycles. The molecule has 0 amide bonds. The second-order valence-electron chi connectivity index (χ2n) is 7.19. The van der Waals surface area contributed by atoms with Crippen LogP contribution in [0.3, 0.4) is 0 Å². The molecule has 0 atom stereocenters. The second kappa shape index (κ2) is 9.66. The van der Waals surface area contributed by atoms with E-state index in [0.29, 0.717) is 5.56 Å². The highest BCUT2D eigenvalue weighted by atomic mass is 32.2. The zero-order valence-electron chi connectivity index (χ0n) is 17.6. The fraction of sp³-hybridized carbons (Fsp3) is 0.208. The van der Waals surface area contributed by atoms with Crippen molar-refractivity contribution in [3.63, 3.8) is 0 Å². The van der Waals surface area contributed by atoms with E-state index >= 15 is 0 Å². The molecule has 0 spiro atoms. The van der Waals surface area contributed by atoms with Gasteiger partial charge in [0.1, 0.15) is 23.0 Å². The van der Waals surface area contributed by atoms with Gasteiger partial charge in [0.2, 0.25) is 0 Å². The van der Waals surface area contributed by atoms with Crippen LogP contribution in [0.4, 0.5) is 0 Å². The van der Waals surface area contributed by atoms with Crippen LogP contribution in [0.5, 0.6) is 11.5 Å². The van der Waals surface area contributed by atoms with Crippen LogP contribution < -0.4 is 8.92 Å². The molecular formula is C24H24O6S. The van der Waals surface area contributed by atoms with Crippen molar-refractivity contribution >= 4 is 16.1 Å². The van der Waals surface area contributed by atoms with Crippen LogP contribution in [0.25, 0.3) is 0 Å². The molecule has 0 bridgehead atoms. The van der Waals surface area contributed by atoms with Crippen LogP contribution in [-0.2, 0) is 21.5 Å². The summed E-state index contributed by atoms with van der Waals surface area (Å²) in [4.78, 5) is 12.2. The SMILES string of the molecule is COc1ccc(C(C)C)cc1S(=O)(=O)Oc1ccc(C(=O)OCc2ccccc2)cc1. The average molecular weight is 441 g/mol. The van der Waals surface area contributed by atoms with Crippen LogP contribution >= 0.6 is 0 Å². The summed E-state index contributed by atoms with van der Waals surface area (Å²) in [5.41, 5.74) is 2.01. The monoisotopic (exact) mass is 440 g/mol. The predicted molar refractivity (Wildman–Crippen MR) is 117 cm³/mol. The lowest BCUT2D eigenvalue weighted by atomic mass is 10.0. The Morgan fingerprint density at radius 1 is 0.935 bits per heavy atom. The minimum atomic E-state index is -4.13. The standard InChI is InChI=1S/C24H24O6S/c1-17(2)20-11-14-22(28-3)23(15-20)31(26,27)30-21-12-9-19(10-13-21)24(25)29-16-18-7-5-4-6-8-18/h4-15,17H,16H2,1-3H3. The van der Waals surface area contributed by atoms with Crippen molar-refractivity contribution < 1.29 is 26.9 Å². The molecule has 0 saturated heterocycles. The van der Waals surface area contributed by atoms with E-state index in [9.17, 15) is 13.2 Å². The molecular weight excluding hydrogens is 416 g/mol. The average Bonchev–Trinajstić information content (AvgIpc) is 2.78. The quantitative estimate of drug-likeness (QED) is 0.365. The first kappa shape index (κ1) is 22.4. The van der Waals surface area contributed by atoms with Crippen LogP contribution in [0, 0.1) is 0 Å². The Hall–Kier alpha value is -3.32. The lowest BCUT2D eigenvalue weighted by Gasteiger charge is -2.14. The van der Waals surface area contributed by atoms with E-state index < -0.39 is 16.1 Å². The fourth-order valence-electron chi connectivity index (χ4n) is 2.87. The number of esters is 1. The van der Waals surface area contributed by atoms with Gasteiger partial charge in [-0.25, -0.2) is 4.79 Å². The van der Waals surface area contributed by atoms with E-state index in [0.717, 1.165) is 11.1 Å². The van der Waals surface area contributed by atoms with Gasteiger partial charge < -0.3 is 13.7 Å². The maximum Gasteiger partial charge on any atom is 0.342 e. The van der Waals surface area contributed by atoms with E-state index in [1.807, 2.05) is 50.2 Å². The van der Waals surface area contributed by atoms with Crippen molar-refractivity contribution in [3.8, 4) is 11.5 Å². The van der Waals surface area contributed by atoms with E-state index in [1.54, 1.807) is 12.1 Å². The normalized spacial score (nSPS) is 11.2. The van der Waals surface area contributed by atoms with Crippen molar-refractivity contribution in [2.75, 3.05) is 7.11 Å². The highest BCUT2D eigenvalue weighted by molar-refractivity contribution is 7.87. The molecule has 0 heterocycles. The molecule has 0 fully saturated rings. The smallest absolute Gasteiger partial charge is 0.342 e. The topological polar surface area (TPSA) is 78.9 Å². The molecule has 0 N–H and O–H groups in total. The number of hydrogen-bond donors (Lipinski definition) is 0. The Bertz CT molecular complexity index is 1140. The zero-order valence-corrected chi connectivity index (χ0v) is 18.4. The van der Waals surface area contributed by atoms with Gasteiger partial charge in [-0.15, -0.1) is 0 Å². The number of ether oxygens (including phenoxy) is 2. The Morgan fingerprint density at radius 2 is 1.61 bits per heavy atom. The second-order valence-corrected chi connectivity index (χ2v) is 8.70. The molecule has 0 saturated carbocycles. The third-order valence-electron chi connectivity index (χ3n) is 4.63. The summed E-state index contributed by atoms with van der Waals surface area (Å²) in [5, 5.41) is 0. The third-order valence-corrected chi connectivity index (χ3v) is 5.90. The van der Waals surface area contributed by atoms with E-state index in [1.165, 1.54) is 31.4 Å². The molecule has 0 radical (unpaired) electrons. The molecule has 0 unspecified atom stereocenters. The molecule has 0 aliphatic heterocycles. The summed E-state index contributed by atoms with van der Waals surface area (Å²) >= 11 is 0. The maximum absolute atomic E-state index is 12.8. The van der Waals surface area contributed by atoms with Crippen molar-refractivity contribution in [2.45, 2.75) is 31.3 Å². The highest BCUT2D eigenvalue weighted by Crippen LogP contribution is 2.30. The van der Waals surface area contributed by atoms with Crippen LogP contribution in [-0.4, -0.2) is 21.5 Å².